The fraction of sp³-hybridized carbons (Fsp3) is 0.385. The molecule has 21 heavy (non-hydrogen) atoms. The number of rotatable bonds is 7. The lowest BCUT2D eigenvalue weighted by Crippen LogP contribution is -2.14. The molecule has 0 fully saturated rings. The van der Waals surface area contributed by atoms with Crippen LogP contribution in [-0.4, -0.2) is 30.2 Å². The number of sulfonamides is 1. The molecule has 2 N–H and O–H groups in total. The molecular weight excluding hydrogens is 292 g/mol. The molecule has 0 spiro atoms. The minimum absolute atomic E-state index is 0.0242. The number of aromatic nitrogens is 3. The number of benzene rings is 1. The average Bonchev–Trinajstić information content (AvgIpc) is 2.87. The summed E-state index contributed by atoms with van der Waals surface area (Å²) in [5, 5.41) is 6.21. The lowest BCUT2D eigenvalue weighted by Gasteiger charge is -2.05. The van der Waals surface area contributed by atoms with E-state index in [1.165, 1.54) is 0 Å². The van der Waals surface area contributed by atoms with Gasteiger partial charge < -0.3 is 4.74 Å². The molecule has 1 heterocycles. The number of H-pyrrole nitrogens is 1. The number of hydrogen-bond donors (Lipinski definition) is 2. The minimum atomic E-state index is -3.69. The molecule has 0 aliphatic heterocycles. The van der Waals surface area contributed by atoms with Gasteiger partial charge in [-0.2, -0.15) is 4.98 Å². The van der Waals surface area contributed by atoms with E-state index in [2.05, 4.69) is 26.8 Å². The molecule has 1 aromatic heterocycles. The maximum atomic E-state index is 12.2. The molecule has 0 saturated heterocycles. The molecule has 0 atom stereocenters. The van der Waals surface area contributed by atoms with Gasteiger partial charge in [0.25, 0.3) is 10.0 Å². The maximum absolute atomic E-state index is 12.2. The first-order valence-electron chi connectivity index (χ1n) is 6.72. The second kappa shape index (κ2) is 6.57. The van der Waals surface area contributed by atoms with Gasteiger partial charge in [-0.25, -0.2) is 18.2 Å². The largest absolute Gasteiger partial charge is 0.463 e. The Hall–Kier alpha value is -2.09. The van der Waals surface area contributed by atoms with Crippen molar-refractivity contribution in [3.05, 3.63) is 29.8 Å². The highest BCUT2D eigenvalue weighted by Gasteiger charge is 2.16. The summed E-state index contributed by atoms with van der Waals surface area (Å²) in [6.07, 6.45) is 1.94. The van der Waals surface area contributed by atoms with E-state index in [0.717, 1.165) is 18.4 Å². The van der Waals surface area contributed by atoms with Crippen LogP contribution in [0.1, 0.15) is 25.8 Å². The van der Waals surface area contributed by atoms with E-state index in [0.29, 0.717) is 6.61 Å². The second-order valence-electron chi connectivity index (χ2n) is 4.40. The van der Waals surface area contributed by atoms with Gasteiger partial charge in [-0.3, -0.25) is 0 Å². The highest BCUT2D eigenvalue weighted by Crippen LogP contribution is 2.16. The van der Waals surface area contributed by atoms with Crippen LogP contribution >= 0.6 is 0 Å². The smallest absolute Gasteiger partial charge is 0.337 e. The topological polar surface area (TPSA) is 97.0 Å². The number of aryl methyl sites for hydroxylation is 1. The third-order valence-electron chi connectivity index (χ3n) is 2.74. The zero-order chi connectivity index (χ0) is 15.3. The quantitative estimate of drug-likeness (QED) is 0.814. The maximum Gasteiger partial charge on any atom is 0.337 e. The third-order valence-corrected chi connectivity index (χ3v) is 4.10. The fourth-order valence-corrected chi connectivity index (χ4v) is 2.75. The summed E-state index contributed by atoms with van der Waals surface area (Å²) in [6.45, 7) is 4.27. The van der Waals surface area contributed by atoms with Gasteiger partial charge in [-0.1, -0.05) is 25.5 Å². The molecule has 7 nitrogen and oxygen atoms in total. The number of hydrogen-bond acceptors (Lipinski definition) is 5. The molecule has 0 radical (unpaired) electrons. The van der Waals surface area contributed by atoms with Crippen molar-refractivity contribution in [2.45, 2.75) is 31.6 Å². The van der Waals surface area contributed by atoms with E-state index >= 15 is 0 Å². The first-order chi connectivity index (χ1) is 10.0. The molecule has 1 aromatic carbocycles. The Balaban J connectivity index is 2.13. The number of aromatic amines is 1. The molecule has 8 heteroatoms. The Morgan fingerprint density at radius 3 is 2.57 bits per heavy atom. The summed E-state index contributed by atoms with van der Waals surface area (Å²) >= 11 is 0. The van der Waals surface area contributed by atoms with Crippen molar-refractivity contribution in [3.63, 3.8) is 0 Å². The zero-order valence-electron chi connectivity index (χ0n) is 12.0. The van der Waals surface area contributed by atoms with Crippen LogP contribution in [0.2, 0.25) is 0 Å². The SMILES string of the molecule is CCCc1ccc(S(=O)(=O)Nc2nc(OCC)n[nH]2)cc1. The van der Waals surface area contributed by atoms with E-state index in [-0.39, 0.29) is 16.9 Å². The monoisotopic (exact) mass is 310 g/mol. The molecular formula is C13H18N4O3S. The van der Waals surface area contributed by atoms with Crippen molar-refractivity contribution in [2.75, 3.05) is 11.3 Å². The number of nitrogens with one attached hydrogen (secondary N) is 2. The molecule has 114 valence electrons. The van der Waals surface area contributed by atoms with Gasteiger partial charge in [0, 0.05) is 0 Å². The van der Waals surface area contributed by atoms with Crippen LogP contribution in [0.5, 0.6) is 6.01 Å². The third kappa shape index (κ3) is 3.94. The minimum Gasteiger partial charge on any atom is -0.463 e. The van der Waals surface area contributed by atoms with E-state index in [1.54, 1.807) is 19.1 Å². The van der Waals surface area contributed by atoms with Gasteiger partial charge in [0.1, 0.15) is 0 Å². The Morgan fingerprint density at radius 2 is 1.95 bits per heavy atom. The van der Waals surface area contributed by atoms with Crippen molar-refractivity contribution < 1.29 is 13.2 Å². The van der Waals surface area contributed by atoms with Crippen LogP contribution in [0.4, 0.5) is 5.95 Å². The van der Waals surface area contributed by atoms with Gasteiger partial charge in [-0.05, 0) is 31.0 Å². The molecule has 0 aliphatic rings. The van der Waals surface area contributed by atoms with Crippen LogP contribution in [0.25, 0.3) is 0 Å². The van der Waals surface area contributed by atoms with Gasteiger partial charge in [0.2, 0.25) is 5.95 Å². The molecule has 2 rings (SSSR count). The van der Waals surface area contributed by atoms with Gasteiger partial charge in [-0.15, -0.1) is 5.10 Å². The van der Waals surface area contributed by atoms with E-state index < -0.39 is 10.0 Å². The lowest BCUT2D eigenvalue weighted by molar-refractivity contribution is 0.314. The van der Waals surface area contributed by atoms with E-state index in [1.807, 2.05) is 12.1 Å². The van der Waals surface area contributed by atoms with Crippen LogP contribution < -0.4 is 9.46 Å². The van der Waals surface area contributed by atoms with Gasteiger partial charge >= 0.3 is 6.01 Å². The molecule has 0 bridgehead atoms. The Bertz CT molecular complexity index is 680. The number of anilines is 1. The Kier molecular flexibility index (Phi) is 4.79. The predicted molar refractivity (Wildman–Crippen MR) is 78.8 cm³/mol. The Labute approximate surface area is 123 Å². The predicted octanol–water partition coefficient (Wildman–Crippen LogP) is 1.96. The van der Waals surface area contributed by atoms with Crippen LogP contribution in [-0.2, 0) is 16.4 Å². The van der Waals surface area contributed by atoms with E-state index in [4.69, 9.17) is 4.74 Å². The molecule has 0 saturated carbocycles. The van der Waals surface area contributed by atoms with Crippen LogP contribution in [0, 0.1) is 0 Å². The van der Waals surface area contributed by atoms with Crippen LogP contribution in [0.15, 0.2) is 29.2 Å². The molecule has 0 aliphatic carbocycles. The van der Waals surface area contributed by atoms with Crippen molar-refractivity contribution in [2.24, 2.45) is 0 Å². The summed E-state index contributed by atoms with van der Waals surface area (Å²) in [6, 6.07) is 6.88. The Morgan fingerprint density at radius 1 is 1.24 bits per heavy atom. The summed E-state index contributed by atoms with van der Waals surface area (Å²) < 4.78 is 31.8. The molecule has 2 aromatic rings. The van der Waals surface area contributed by atoms with Crippen LogP contribution in [0.3, 0.4) is 0 Å². The van der Waals surface area contributed by atoms with Crippen molar-refractivity contribution in [1.29, 1.82) is 0 Å². The van der Waals surface area contributed by atoms with Crippen molar-refractivity contribution in [3.8, 4) is 6.01 Å². The zero-order valence-corrected chi connectivity index (χ0v) is 12.8. The molecule has 0 unspecified atom stereocenters. The lowest BCUT2D eigenvalue weighted by atomic mass is 10.1. The summed E-state index contributed by atoms with van der Waals surface area (Å²) in [5.41, 5.74) is 1.11. The first kappa shape index (κ1) is 15.3. The van der Waals surface area contributed by atoms with Crippen molar-refractivity contribution >= 4 is 16.0 Å². The highest BCUT2D eigenvalue weighted by molar-refractivity contribution is 7.92. The standard InChI is InChI=1S/C13H18N4O3S/c1-3-5-10-6-8-11(9-7-10)21(18,19)17-12-14-13(16-15-12)20-4-2/h6-9H,3-5H2,1-2H3,(H2,14,15,16,17). The first-order valence-corrected chi connectivity index (χ1v) is 8.20. The summed E-state index contributed by atoms with van der Waals surface area (Å²) in [7, 11) is -3.69. The van der Waals surface area contributed by atoms with Gasteiger partial charge in [0.05, 0.1) is 11.5 Å². The highest BCUT2D eigenvalue weighted by atomic mass is 32.2. The second-order valence-corrected chi connectivity index (χ2v) is 6.08. The number of nitrogens with zero attached hydrogens (tertiary/aromatic N) is 2. The van der Waals surface area contributed by atoms with Crippen molar-refractivity contribution in [1.82, 2.24) is 15.2 Å². The summed E-state index contributed by atoms with van der Waals surface area (Å²) in [4.78, 5) is 4.06. The van der Waals surface area contributed by atoms with Gasteiger partial charge in [0.15, 0.2) is 0 Å². The number of ether oxygens (including phenoxy) is 1. The fourth-order valence-electron chi connectivity index (χ4n) is 1.80. The average molecular weight is 310 g/mol. The normalized spacial score (nSPS) is 11.3. The van der Waals surface area contributed by atoms with E-state index in [9.17, 15) is 8.42 Å². The molecule has 0 amide bonds. The summed E-state index contributed by atoms with van der Waals surface area (Å²) in [5.74, 6) is 0.0242.